The van der Waals surface area contributed by atoms with Gasteiger partial charge in [0, 0.05) is 17.3 Å². The Morgan fingerprint density at radius 3 is 2.89 bits per heavy atom. The summed E-state index contributed by atoms with van der Waals surface area (Å²) < 4.78 is 18.9. The molecule has 1 aromatic heterocycles. The maximum Gasteiger partial charge on any atom is 0.248 e. The predicted molar refractivity (Wildman–Crippen MR) is 68.5 cm³/mol. The van der Waals surface area contributed by atoms with Gasteiger partial charge in [-0.25, -0.2) is 9.37 Å². The minimum Gasteiger partial charge on any atom is -0.486 e. The van der Waals surface area contributed by atoms with Crippen LogP contribution in [0.1, 0.15) is 15.9 Å². The van der Waals surface area contributed by atoms with Crippen LogP contribution in [0.25, 0.3) is 0 Å². The molecule has 0 fully saturated rings. The molecule has 0 aliphatic carbocycles. The number of pyridine rings is 1. The zero-order valence-corrected chi connectivity index (χ0v) is 10.5. The quantitative estimate of drug-likeness (QED) is 0.875. The number of hydrogen-bond acceptors (Lipinski definition) is 3. The second-order valence-electron chi connectivity index (χ2n) is 3.75. The summed E-state index contributed by atoms with van der Waals surface area (Å²) in [7, 11) is 0. The number of hydrogen-bond donors (Lipinski definition) is 1. The van der Waals surface area contributed by atoms with Gasteiger partial charge in [0.1, 0.15) is 12.4 Å². The molecule has 2 aromatic rings. The lowest BCUT2D eigenvalue weighted by atomic mass is 10.1. The first-order valence-electron chi connectivity index (χ1n) is 5.39. The van der Waals surface area contributed by atoms with Crippen molar-refractivity contribution in [3.05, 3.63) is 58.6 Å². The van der Waals surface area contributed by atoms with Gasteiger partial charge in [0.25, 0.3) is 0 Å². The van der Waals surface area contributed by atoms with Crippen molar-refractivity contribution in [1.82, 2.24) is 4.98 Å². The molecule has 0 unspecified atom stereocenters. The van der Waals surface area contributed by atoms with Gasteiger partial charge in [0.2, 0.25) is 5.91 Å². The molecule has 0 bridgehead atoms. The number of aromatic nitrogens is 1. The van der Waals surface area contributed by atoms with E-state index in [-0.39, 0.29) is 22.9 Å². The van der Waals surface area contributed by atoms with Gasteiger partial charge >= 0.3 is 0 Å². The highest BCUT2D eigenvalue weighted by Crippen LogP contribution is 2.22. The number of primary amides is 1. The van der Waals surface area contributed by atoms with E-state index in [1.807, 2.05) is 0 Å². The largest absolute Gasteiger partial charge is 0.486 e. The van der Waals surface area contributed by atoms with E-state index in [1.54, 1.807) is 12.1 Å². The van der Waals surface area contributed by atoms with Crippen molar-refractivity contribution in [1.29, 1.82) is 0 Å². The predicted octanol–water partition coefficient (Wildman–Crippen LogP) is 2.55. The fraction of sp³-hybridized carbons (Fsp3) is 0.0769. The number of benzene rings is 1. The number of carbonyl (C=O) groups excluding carboxylic acids is 1. The molecule has 19 heavy (non-hydrogen) atoms. The zero-order chi connectivity index (χ0) is 13.8. The van der Waals surface area contributed by atoms with Crippen LogP contribution < -0.4 is 10.5 Å². The molecule has 0 aliphatic heterocycles. The average Bonchev–Trinajstić information content (AvgIpc) is 2.39. The number of carbonyl (C=O) groups is 1. The normalized spacial score (nSPS) is 10.2. The van der Waals surface area contributed by atoms with Gasteiger partial charge in [-0.1, -0.05) is 11.6 Å². The molecule has 1 aromatic carbocycles. The first kappa shape index (κ1) is 13.3. The van der Waals surface area contributed by atoms with Crippen LogP contribution in [0.3, 0.4) is 0 Å². The van der Waals surface area contributed by atoms with E-state index in [2.05, 4.69) is 4.98 Å². The standard InChI is InChI=1S/C13H10ClFN2O2/c14-12-11(2-1-5-17-12)19-7-9-6-8(13(16)18)3-4-10(9)15/h1-6H,7H2,(H2,16,18). The maximum atomic E-state index is 13.6. The molecule has 0 radical (unpaired) electrons. The molecule has 2 rings (SSSR count). The number of nitrogens with zero attached hydrogens (tertiary/aromatic N) is 1. The smallest absolute Gasteiger partial charge is 0.248 e. The van der Waals surface area contributed by atoms with Crippen molar-refractivity contribution >= 4 is 17.5 Å². The van der Waals surface area contributed by atoms with Gasteiger partial charge in [-0.05, 0) is 30.3 Å². The van der Waals surface area contributed by atoms with Crippen LogP contribution in [-0.2, 0) is 6.61 Å². The van der Waals surface area contributed by atoms with Crippen LogP contribution in [0.5, 0.6) is 5.75 Å². The molecule has 0 spiro atoms. The summed E-state index contributed by atoms with van der Waals surface area (Å²) in [6, 6.07) is 7.10. The molecule has 4 nitrogen and oxygen atoms in total. The monoisotopic (exact) mass is 280 g/mol. The topological polar surface area (TPSA) is 65.2 Å². The first-order chi connectivity index (χ1) is 9.08. The highest BCUT2D eigenvalue weighted by Gasteiger charge is 2.09. The molecule has 0 saturated carbocycles. The van der Waals surface area contributed by atoms with Crippen LogP contribution in [0, 0.1) is 5.82 Å². The van der Waals surface area contributed by atoms with Crippen molar-refractivity contribution in [2.45, 2.75) is 6.61 Å². The third kappa shape index (κ3) is 3.20. The Hall–Kier alpha value is -2.14. The van der Waals surface area contributed by atoms with Gasteiger partial charge in [0.05, 0.1) is 0 Å². The average molecular weight is 281 g/mol. The minimum absolute atomic E-state index is 0.0711. The van der Waals surface area contributed by atoms with Crippen LogP contribution >= 0.6 is 11.6 Å². The highest BCUT2D eigenvalue weighted by atomic mass is 35.5. The van der Waals surface area contributed by atoms with E-state index in [4.69, 9.17) is 22.1 Å². The van der Waals surface area contributed by atoms with Gasteiger partial charge < -0.3 is 10.5 Å². The van der Waals surface area contributed by atoms with Crippen LogP contribution in [0.2, 0.25) is 5.15 Å². The van der Waals surface area contributed by atoms with Crippen LogP contribution in [0.4, 0.5) is 4.39 Å². The second kappa shape index (κ2) is 5.67. The number of amides is 1. The van der Waals surface area contributed by atoms with Crippen molar-refractivity contribution in [3.63, 3.8) is 0 Å². The summed E-state index contributed by atoms with van der Waals surface area (Å²) >= 11 is 5.81. The lowest BCUT2D eigenvalue weighted by molar-refractivity contribution is 0.1000. The van der Waals surface area contributed by atoms with E-state index in [9.17, 15) is 9.18 Å². The molecule has 6 heteroatoms. The molecule has 0 saturated heterocycles. The summed E-state index contributed by atoms with van der Waals surface area (Å²) in [5, 5.41) is 0.189. The zero-order valence-electron chi connectivity index (χ0n) is 9.77. The Kier molecular flexibility index (Phi) is 3.97. The molecule has 1 amide bonds. The lowest BCUT2D eigenvalue weighted by Crippen LogP contribution is -2.12. The minimum atomic E-state index is -0.624. The van der Waals surface area contributed by atoms with Crippen molar-refractivity contribution in [2.24, 2.45) is 5.73 Å². The van der Waals surface area contributed by atoms with Crippen LogP contribution in [0.15, 0.2) is 36.5 Å². The lowest BCUT2D eigenvalue weighted by Gasteiger charge is -2.08. The molecule has 1 heterocycles. The molecule has 2 N–H and O–H groups in total. The Labute approximate surface area is 114 Å². The molecule has 0 aliphatic rings. The van der Waals surface area contributed by atoms with Crippen molar-refractivity contribution in [2.75, 3.05) is 0 Å². The third-order valence-corrected chi connectivity index (χ3v) is 2.72. The number of rotatable bonds is 4. The highest BCUT2D eigenvalue weighted by molar-refractivity contribution is 6.30. The van der Waals surface area contributed by atoms with E-state index < -0.39 is 11.7 Å². The molecule has 98 valence electrons. The van der Waals surface area contributed by atoms with Crippen molar-refractivity contribution < 1.29 is 13.9 Å². The first-order valence-corrected chi connectivity index (χ1v) is 5.77. The van der Waals surface area contributed by atoms with Gasteiger partial charge in [-0.2, -0.15) is 0 Å². The fourth-order valence-corrected chi connectivity index (χ4v) is 1.65. The number of ether oxygens (including phenoxy) is 1. The SMILES string of the molecule is NC(=O)c1ccc(F)c(COc2cccnc2Cl)c1. The van der Waals surface area contributed by atoms with Gasteiger partial charge in [-0.15, -0.1) is 0 Å². The summed E-state index contributed by atoms with van der Waals surface area (Å²) in [4.78, 5) is 14.9. The Morgan fingerprint density at radius 1 is 1.42 bits per heavy atom. The van der Waals surface area contributed by atoms with Crippen molar-refractivity contribution in [3.8, 4) is 5.75 Å². The van der Waals surface area contributed by atoms with E-state index in [0.717, 1.165) is 0 Å². The van der Waals surface area contributed by atoms with E-state index in [0.29, 0.717) is 5.75 Å². The molecular weight excluding hydrogens is 271 g/mol. The van der Waals surface area contributed by atoms with Gasteiger partial charge in [0.15, 0.2) is 10.9 Å². The third-order valence-electron chi connectivity index (χ3n) is 2.44. The number of nitrogens with two attached hydrogens (primary N) is 1. The summed E-state index contributed by atoms with van der Waals surface area (Å²) in [6.45, 7) is -0.0711. The van der Waals surface area contributed by atoms with Crippen LogP contribution in [-0.4, -0.2) is 10.9 Å². The Bertz CT molecular complexity index is 619. The van der Waals surface area contributed by atoms with E-state index in [1.165, 1.54) is 24.4 Å². The fourth-order valence-electron chi connectivity index (χ4n) is 1.47. The summed E-state index contributed by atoms with van der Waals surface area (Å²) in [5.41, 5.74) is 5.57. The van der Waals surface area contributed by atoms with E-state index >= 15 is 0 Å². The summed E-state index contributed by atoms with van der Waals surface area (Å²) in [5.74, 6) is -0.765. The Balaban J connectivity index is 2.17. The summed E-state index contributed by atoms with van der Waals surface area (Å²) in [6.07, 6.45) is 1.52. The van der Waals surface area contributed by atoms with Gasteiger partial charge in [-0.3, -0.25) is 4.79 Å². The maximum absolute atomic E-state index is 13.6. The number of halogens is 2. The second-order valence-corrected chi connectivity index (χ2v) is 4.11. The Morgan fingerprint density at radius 2 is 2.21 bits per heavy atom. The molecule has 0 atom stereocenters. The molecular formula is C13H10ClFN2O2.